The molecule has 0 spiro atoms. The molecule has 0 aliphatic heterocycles. The van der Waals surface area contributed by atoms with Crippen molar-refractivity contribution in [2.75, 3.05) is 0 Å². The van der Waals surface area contributed by atoms with E-state index in [9.17, 15) is 4.21 Å². The Labute approximate surface area is 126 Å². The molecule has 104 valence electrons. The third-order valence-electron chi connectivity index (χ3n) is 3.84. The molecule has 0 aromatic heterocycles. The summed E-state index contributed by atoms with van der Waals surface area (Å²) in [5.74, 6) is 0. The van der Waals surface area contributed by atoms with Crippen LogP contribution >= 0.6 is 11.6 Å². The molecule has 0 fully saturated rings. The van der Waals surface area contributed by atoms with Crippen molar-refractivity contribution in [1.82, 2.24) is 0 Å². The van der Waals surface area contributed by atoms with Gasteiger partial charge in [0.25, 0.3) is 0 Å². The maximum Gasteiger partial charge on any atom is 0.0595 e. The summed E-state index contributed by atoms with van der Waals surface area (Å²) in [7, 11) is -1.18. The van der Waals surface area contributed by atoms with Crippen molar-refractivity contribution >= 4 is 22.4 Å². The Kier molecular flexibility index (Phi) is 3.92. The summed E-state index contributed by atoms with van der Waals surface area (Å²) in [6, 6.07) is 15.3. The highest BCUT2D eigenvalue weighted by molar-refractivity contribution is 7.85. The molecular weight excluding hydrogens is 290 g/mol. The molecule has 0 saturated carbocycles. The molecule has 1 aliphatic rings. The zero-order valence-electron chi connectivity index (χ0n) is 11.0. The van der Waals surface area contributed by atoms with E-state index in [1.165, 1.54) is 5.56 Å². The minimum absolute atomic E-state index is 0.0789. The molecule has 2 N–H and O–H groups in total. The highest BCUT2D eigenvalue weighted by atomic mass is 35.5. The molecule has 2 nitrogen and oxygen atoms in total. The first-order chi connectivity index (χ1) is 9.68. The Hall–Kier alpha value is -1.16. The van der Waals surface area contributed by atoms with Gasteiger partial charge in [-0.05, 0) is 36.1 Å². The van der Waals surface area contributed by atoms with E-state index in [1.54, 1.807) is 6.07 Å². The third kappa shape index (κ3) is 2.41. The first-order valence-corrected chi connectivity index (χ1v) is 8.26. The third-order valence-corrected chi connectivity index (χ3v) is 6.15. The number of benzene rings is 2. The summed E-state index contributed by atoms with van der Waals surface area (Å²) in [6.45, 7) is 0. The molecule has 0 amide bonds. The van der Waals surface area contributed by atoms with Crippen LogP contribution in [-0.2, 0) is 17.2 Å². The zero-order chi connectivity index (χ0) is 14.1. The van der Waals surface area contributed by atoms with Gasteiger partial charge in [0.2, 0.25) is 0 Å². The Balaban J connectivity index is 1.93. The predicted molar refractivity (Wildman–Crippen MR) is 83.3 cm³/mol. The van der Waals surface area contributed by atoms with E-state index in [-0.39, 0.29) is 11.3 Å². The maximum absolute atomic E-state index is 12.8. The van der Waals surface area contributed by atoms with Crippen molar-refractivity contribution in [2.24, 2.45) is 5.73 Å². The van der Waals surface area contributed by atoms with Gasteiger partial charge in [0.05, 0.1) is 26.0 Å². The number of hydrogen-bond donors (Lipinski definition) is 1. The van der Waals surface area contributed by atoms with Gasteiger partial charge in [-0.15, -0.1) is 0 Å². The summed E-state index contributed by atoms with van der Waals surface area (Å²) in [4.78, 5) is 0.689. The van der Waals surface area contributed by atoms with Gasteiger partial charge in [-0.2, -0.15) is 0 Å². The fourth-order valence-corrected chi connectivity index (χ4v) is 4.68. The number of hydrogen-bond acceptors (Lipinski definition) is 2. The van der Waals surface area contributed by atoms with Crippen molar-refractivity contribution in [3.63, 3.8) is 0 Å². The topological polar surface area (TPSA) is 43.1 Å². The molecule has 1 aliphatic carbocycles. The lowest BCUT2D eigenvalue weighted by Gasteiger charge is -2.30. The largest absolute Gasteiger partial charge is 0.323 e. The van der Waals surface area contributed by atoms with E-state index in [0.717, 1.165) is 18.4 Å². The van der Waals surface area contributed by atoms with Crippen LogP contribution in [0.1, 0.15) is 23.6 Å². The van der Waals surface area contributed by atoms with Crippen LogP contribution in [0.2, 0.25) is 5.02 Å². The second-order valence-corrected chi connectivity index (χ2v) is 7.08. The van der Waals surface area contributed by atoms with Crippen molar-refractivity contribution in [1.29, 1.82) is 0 Å². The Morgan fingerprint density at radius 3 is 2.60 bits per heavy atom. The second-order valence-electron chi connectivity index (χ2n) is 5.03. The van der Waals surface area contributed by atoms with Crippen LogP contribution in [0.25, 0.3) is 0 Å². The van der Waals surface area contributed by atoms with E-state index in [0.29, 0.717) is 9.92 Å². The van der Waals surface area contributed by atoms with Crippen LogP contribution in [0.4, 0.5) is 0 Å². The molecule has 0 saturated heterocycles. The maximum atomic E-state index is 12.8. The van der Waals surface area contributed by atoms with E-state index < -0.39 is 10.8 Å². The molecule has 4 heteroatoms. The fraction of sp³-hybridized carbons (Fsp3) is 0.250. The predicted octanol–water partition coefficient (Wildman–Crippen LogP) is 3.46. The Morgan fingerprint density at radius 2 is 1.80 bits per heavy atom. The van der Waals surface area contributed by atoms with Gasteiger partial charge in [0.15, 0.2) is 0 Å². The van der Waals surface area contributed by atoms with E-state index in [2.05, 4.69) is 6.07 Å². The van der Waals surface area contributed by atoms with Crippen LogP contribution in [0.15, 0.2) is 53.4 Å². The molecule has 0 heterocycles. The van der Waals surface area contributed by atoms with Crippen molar-refractivity contribution < 1.29 is 4.21 Å². The minimum Gasteiger partial charge on any atom is -0.323 e. The van der Waals surface area contributed by atoms with Gasteiger partial charge in [-0.25, -0.2) is 0 Å². The van der Waals surface area contributed by atoms with Gasteiger partial charge in [0.1, 0.15) is 0 Å². The molecule has 20 heavy (non-hydrogen) atoms. The number of halogens is 1. The van der Waals surface area contributed by atoms with Crippen molar-refractivity contribution in [3.05, 3.63) is 64.7 Å². The molecule has 2 aromatic carbocycles. The van der Waals surface area contributed by atoms with Crippen molar-refractivity contribution in [2.45, 2.75) is 29.0 Å². The van der Waals surface area contributed by atoms with Gasteiger partial charge >= 0.3 is 0 Å². The van der Waals surface area contributed by atoms with E-state index in [1.807, 2.05) is 36.4 Å². The number of aryl methyl sites for hydroxylation is 1. The summed E-state index contributed by atoms with van der Waals surface area (Å²) < 4.78 is 12.8. The number of nitrogens with two attached hydrogens (primary N) is 1. The first kappa shape index (κ1) is 13.8. The summed E-state index contributed by atoms with van der Waals surface area (Å²) in [5, 5.41) is 0.474. The van der Waals surface area contributed by atoms with Gasteiger partial charge < -0.3 is 5.73 Å². The van der Waals surface area contributed by atoms with Crippen LogP contribution < -0.4 is 5.73 Å². The molecular formula is C16H16ClNOS. The highest BCUT2D eigenvalue weighted by Crippen LogP contribution is 2.34. The second kappa shape index (κ2) is 5.68. The normalized spacial score (nSPS) is 23.1. The van der Waals surface area contributed by atoms with Crippen LogP contribution in [0, 0.1) is 0 Å². The Morgan fingerprint density at radius 1 is 1.10 bits per heavy atom. The summed E-state index contributed by atoms with van der Waals surface area (Å²) >= 11 is 6.15. The van der Waals surface area contributed by atoms with Crippen LogP contribution in [0.3, 0.4) is 0 Å². The van der Waals surface area contributed by atoms with E-state index in [4.69, 9.17) is 17.3 Å². The lowest BCUT2D eigenvalue weighted by atomic mass is 9.88. The molecule has 3 rings (SSSR count). The molecule has 2 aromatic rings. The van der Waals surface area contributed by atoms with Gasteiger partial charge in [-0.1, -0.05) is 48.0 Å². The standard InChI is InChI=1S/C16H16ClNOS/c17-13-7-3-4-8-14(13)20(19)15-10-9-11-5-1-2-6-12(11)16(15)18/h1-8,15-16H,9-10,18H2. The van der Waals surface area contributed by atoms with Crippen LogP contribution in [-0.4, -0.2) is 9.46 Å². The summed E-state index contributed by atoms with van der Waals surface area (Å²) in [6.07, 6.45) is 1.75. The average molecular weight is 306 g/mol. The smallest absolute Gasteiger partial charge is 0.0595 e. The highest BCUT2D eigenvalue weighted by Gasteiger charge is 2.32. The van der Waals surface area contributed by atoms with Gasteiger partial charge in [0, 0.05) is 6.04 Å². The number of fused-ring (bicyclic) bond motifs is 1. The zero-order valence-corrected chi connectivity index (χ0v) is 12.5. The SMILES string of the molecule is NC1c2ccccc2CCC1S(=O)c1ccccc1Cl. The lowest BCUT2D eigenvalue weighted by molar-refractivity contribution is 0.563. The fourth-order valence-electron chi connectivity index (χ4n) is 2.78. The molecule has 3 unspecified atom stereocenters. The number of rotatable bonds is 2. The lowest BCUT2D eigenvalue weighted by Crippen LogP contribution is -2.35. The molecule has 0 bridgehead atoms. The van der Waals surface area contributed by atoms with Crippen molar-refractivity contribution in [3.8, 4) is 0 Å². The molecule has 3 atom stereocenters. The summed E-state index contributed by atoms with van der Waals surface area (Å²) in [5.41, 5.74) is 8.73. The van der Waals surface area contributed by atoms with Gasteiger partial charge in [-0.3, -0.25) is 4.21 Å². The Bertz CT molecular complexity index is 658. The van der Waals surface area contributed by atoms with E-state index >= 15 is 0 Å². The monoisotopic (exact) mass is 305 g/mol. The minimum atomic E-state index is -1.18. The molecule has 0 radical (unpaired) electrons. The first-order valence-electron chi connectivity index (χ1n) is 6.67. The quantitative estimate of drug-likeness (QED) is 0.923. The van der Waals surface area contributed by atoms with Crippen LogP contribution in [0.5, 0.6) is 0 Å². The average Bonchev–Trinajstić information content (AvgIpc) is 2.48.